The molecule has 0 bridgehead atoms. The summed E-state index contributed by atoms with van der Waals surface area (Å²) in [7, 11) is 0. The molecule has 0 saturated heterocycles. The van der Waals surface area contributed by atoms with Gasteiger partial charge in [0.25, 0.3) is 5.91 Å². The Balaban J connectivity index is 1.58. The molecule has 0 aliphatic carbocycles. The molecule has 1 amide bonds. The zero-order valence-electron chi connectivity index (χ0n) is 20.1. The van der Waals surface area contributed by atoms with E-state index in [2.05, 4.69) is 35.6 Å². The first-order chi connectivity index (χ1) is 18.2. The van der Waals surface area contributed by atoms with Gasteiger partial charge in [-0.1, -0.05) is 6.07 Å². The minimum absolute atomic E-state index is 0.144. The van der Waals surface area contributed by atoms with E-state index in [0.29, 0.717) is 34.3 Å². The van der Waals surface area contributed by atoms with Crippen LogP contribution in [0.5, 0.6) is 0 Å². The fourth-order valence-electron chi connectivity index (χ4n) is 3.54. The number of amides is 1. The lowest BCUT2D eigenvalue weighted by Gasteiger charge is -2.20. The quantitative estimate of drug-likeness (QED) is 0.255. The molecule has 38 heavy (non-hydrogen) atoms. The van der Waals surface area contributed by atoms with Crippen LogP contribution in [0.1, 0.15) is 21.6 Å². The number of nitrogens with one attached hydrogen (secondary N) is 2. The van der Waals surface area contributed by atoms with Crippen LogP contribution in [-0.4, -0.2) is 67.3 Å². The number of aliphatic hydroxyl groups excluding tert-OH is 2. The highest BCUT2D eigenvalue weighted by Crippen LogP contribution is 2.29. The standard InChI is InChI=1S/C24H23F3N8O3/c1-14-2-3-16(32-22(38)15-4-5-28-19(10-15)24(25,26)27)11-18(14)33-20-17-12-29-23(34-21(17)31-13-30-20)35(6-8-36)7-9-37/h2-5,10-13,36-37H,6-9H2,1H3,(H,32,38)(H,29,30,31,33,34). The van der Waals surface area contributed by atoms with Gasteiger partial charge in [-0.05, 0) is 36.8 Å². The van der Waals surface area contributed by atoms with E-state index in [1.165, 1.54) is 18.6 Å². The molecule has 4 aromatic rings. The van der Waals surface area contributed by atoms with E-state index in [4.69, 9.17) is 0 Å². The average Bonchev–Trinajstić information content (AvgIpc) is 2.90. The molecule has 0 saturated carbocycles. The number of rotatable bonds is 9. The summed E-state index contributed by atoms with van der Waals surface area (Å²) in [6.07, 6.45) is -0.907. The van der Waals surface area contributed by atoms with Gasteiger partial charge in [-0.25, -0.2) is 15.0 Å². The Bertz CT molecular complexity index is 1450. The molecule has 14 heteroatoms. The van der Waals surface area contributed by atoms with Crippen molar-refractivity contribution in [3.63, 3.8) is 0 Å². The van der Waals surface area contributed by atoms with Gasteiger partial charge in [0.05, 0.1) is 18.6 Å². The predicted molar refractivity (Wildman–Crippen MR) is 133 cm³/mol. The zero-order chi connectivity index (χ0) is 27.3. The zero-order valence-corrected chi connectivity index (χ0v) is 20.1. The highest BCUT2D eigenvalue weighted by atomic mass is 19.4. The van der Waals surface area contributed by atoms with Crippen molar-refractivity contribution in [1.29, 1.82) is 0 Å². The van der Waals surface area contributed by atoms with E-state index >= 15 is 0 Å². The normalized spacial score (nSPS) is 11.4. The summed E-state index contributed by atoms with van der Waals surface area (Å²) >= 11 is 0. The molecule has 0 spiro atoms. The van der Waals surface area contributed by atoms with Gasteiger partial charge in [-0.3, -0.25) is 9.78 Å². The van der Waals surface area contributed by atoms with Crippen LogP contribution in [0.2, 0.25) is 0 Å². The van der Waals surface area contributed by atoms with Crippen LogP contribution < -0.4 is 15.5 Å². The number of fused-ring (bicyclic) bond motifs is 1. The Morgan fingerprint density at radius 1 is 1.03 bits per heavy atom. The summed E-state index contributed by atoms with van der Waals surface area (Å²) in [5.74, 6) is -0.0553. The topological polar surface area (TPSA) is 149 Å². The second-order valence-electron chi connectivity index (χ2n) is 8.10. The largest absolute Gasteiger partial charge is 0.433 e. The van der Waals surface area contributed by atoms with Gasteiger partial charge in [0.1, 0.15) is 17.8 Å². The van der Waals surface area contributed by atoms with Crippen molar-refractivity contribution in [2.75, 3.05) is 41.8 Å². The van der Waals surface area contributed by atoms with E-state index in [1.807, 2.05) is 6.92 Å². The van der Waals surface area contributed by atoms with Gasteiger partial charge in [0.2, 0.25) is 5.95 Å². The number of pyridine rings is 1. The smallest absolute Gasteiger partial charge is 0.395 e. The Labute approximate surface area is 214 Å². The molecule has 4 rings (SSSR count). The molecule has 3 heterocycles. The van der Waals surface area contributed by atoms with Gasteiger partial charge in [-0.2, -0.15) is 18.2 Å². The van der Waals surface area contributed by atoms with Crippen LogP contribution in [0.25, 0.3) is 11.0 Å². The summed E-state index contributed by atoms with van der Waals surface area (Å²) < 4.78 is 38.9. The lowest BCUT2D eigenvalue weighted by molar-refractivity contribution is -0.141. The van der Waals surface area contributed by atoms with Crippen LogP contribution in [-0.2, 0) is 6.18 Å². The summed E-state index contributed by atoms with van der Waals surface area (Å²) in [5, 5.41) is 24.8. The molecule has 3 aromatic heterocycles. The first-order valence-electron chi connectivity index (χ1n) is 11.4. The Morgan fingerprint density at radius 3 is 2.50 bits per heavy atom. The Morgan fingerprint density at radius 2 is 1.79 bits per heavy atom. The molecule has 4 N–H and O–H groups in total. The fraction of sp³-hybridized carbons (Fsp3) is 0.250. The molecular weight excluding hydrogens is 505 g/mol. The number of carbonyl (C=O) groups excluding carboxylic acids is 1. The molecule has 198 valence electrons. The monoisotopic (exact) mass is 528 g/mol. The highest BCUT2D eigenvalue weighted by Gasteiger charge is 2.33. The maximum Gasteiger partial charge on any atom is 0.433 e. The number of alkyl halides is 3. The van der Waals surface area contributed by atoms with E-state index in [-0.39, 0.29) is 37.8 Å². The van der Waals surface area contributed by atoms with E-state index < -0.39 is 17.8 Å². The third-order valence-electron chi connectivity index (χ3n) is 5.46. The molecule has 0 unspecified atom stereocenters. The van der Waals surface area contributed by atoms with Crippen molar-refractivity contribution in [3.8, 4) is 0 Å². The van der Waals surface area contributed by atoms with Crippen LogP contribution in [0.3, 0.4) is 0 Å². The summed E-state index contributed by atoms with van der Waals surface area (Å²) in [4.78, 5) is 34.7. The number of benzene rings is 1. The first-order valence-corrected chi connectivity index (χ1v) is 11.4. The van der Waals surface area contributed by atoms with Gasteiger partial charge in [-0.15, -0.1) is 0 Å². The summed E-state index contributed by atoms with van der Waals surface area (Å²) in [6, 6.07) is 6.85. The molecule has 1 aromatic carbocycles. The number of halogens is 3. The summed E-state index contributed by atoms with van der Waals surface area (Å²) in [6.45, 7) is 2.00. The van der Waals surface area contributed by atoms with Crippen LogP contribution in [0.15, 0.2) is 49.1 Å². The van der Waals surface area contributed by atoms with Crippen molar-refractivity contribution >= 4 is 40.1 Å². The Hall–Kier alpha value is -4.43. The fourth-order valence-corrected chi connectivity index (χ4v) is 3.54. The van der Waals surface area contributed by atoms with Gasteiger partial charge in [0, 0.05) is 42.4 Å². The average molecular weight is 528 g/mol. The SMILES string of the molecule is Cc1ccc(NC(=O)c2ccnc(C(F)(F)F)c2)cc1Nc1ncnc2nc(N(CCO)CCO)ncc12. The minimum atomic E-state index is -4.67. The van der Waals surface area contributed by atoms with Crippen molar-refractivity contribution in [2.45, 2.75) is 13.1 Å². The Kier molecular flexibility index (Phi) is 7.93. The number of hydrogen-bond acceptors (Lipinski definition) is 10. The number of carbonyl (C=O) groups is 1. The third-order valence-corrected chi connectivity index (χ3v) is 5.46. The second kappa shape index (κ2) is 11.3. The van der Waals surface area contributed by atoms with Crippen LogP contribution >= 0.6 is 0 Å². The van der Waals surface area contributed by atoms with E-state index in [0.717, 1.165) is 11.8 Å². The van der Waals surface area contributed by atoms with Crippen molar-refractivity contribution < 1.29 is 28.2 Å². The molecule has 0 fully saturated rings. The van der Waals surface area contributed by atoms with Gasteiger partial charge < -0.3 is 25.7 Å². The van der Waals surface area contributed by atoms with Gasteiger partial charge >= 0.3 is 6.18 Å². The van der Waals surface area contributed by atoms with Crippen molar-refractivity contribution in [3.05, 3.63) is 65.9 Å². The molecule has 0 aliphatic rings. The minimum Gasteiger partial charge on any atom is -0.395 e. The van der Waals surface area contributed by atoms with Crippen LogP contribution in [0.4, 0.5) is 36.3 Å². The lowest BCUT2D eigenvalue weighted by Crippen LogP contribution is -2.31. The third kappa shape index (κ3) is 6.10. The number of aryl methyl sites for hydroxylation is 1. The first kappa shape index (κ1) is 26.6. The molecule has 0 aliphatic heterocycles. The summed E-state index contributed by atoms with van der Waals surface area (Å²) in [5.41, 5.74) is 0.692. The lowest BCUT2D eigenvalue weighted by atomic mass is 10.1. The second-order valence-corrected chi connectivity index (χ2v) is 8.10. The van der Waals surface area contributed by atoms with E-state index in [1.54, 1.807) is 23.1 Å². The molecule has 11 nitrogen and oxygen atoms in total. The molecule has 0 atom stereocenters. The van der Waals surface area contributed by atoms with E-state index in [9.17, 15) is 28.2 Å². The number of hydrogen-bond donors (Lipinski definition) is 4. The predicted octanol–water partition coefficient (Wildman–Crippen LogP) is 2.93. The highest BCUT2D eigenvalue weighted by molar-refractivity contribution is 6.04. The number of nitrogens with zero attached hydrogens (tertiary/aromatic N) is 6. The number of anilines is 4. The molecular formula is C24H23F3N8O3. The number of aromatic nitrogens is 5. The van der Waals surface area contributed by atoms with Crippen LogP contribution in [0, 0.1) is 6.92 Å². The van der Waals surface area contributed by atoms with Crippen molar-refractivity contribution in [1.82, 2.24) is 24.9 Å². The molecule has 0 radical (unpaired) electrons. The maximum atomic E-state index is 13.0. The van der Waals surface area contributed by atoms with Crippen molar-refractivity contribution in [2.24, 2.45) is 0 Å². The number of aliphatic hydroxyl groups is 2. The maximum absolute atomic E-state index is 13.0. The van der Waals surface area contributed by atoms with Gasteiger partial charge in [0.15, 0.2) is 5.65 Å².